The third kappa shape index (κ3) is 8.15. The third-order valence-electron chi connectivity index (χ3n) is 4.06. The number of hydrogen-bond donors (Lipinski definition) is 1. The number of rotatable bonds is 6. The van der Waals surface area contributed by atoms with Gasteiger partial charge < -0.3 is 15.2 Å². The van der Waals surface area contributed by atoms with Crippen molar-refractivity contribution in [1.29, 1.82) is 0 Å². The van der Waals surface area contributed by atoms with Crippen LogP contribution in [-0.4, -0.2) is 23.8 Å². The van der Waals surface area contributed by atoms with Gasteiger partial charge in [-0.25, -0.2) is 0 Å². The summed E-state index contributed by atoms with van der Waals surface area (Å²) < 4.78 is 10.8. The van der Waals surface area contributed by atoms with Crippen LogP contribution in [-0.2, 0) is 9.59 Å². The monoisotopic (exact) mass is 427 g/mol. The van der Waals surface area contributed by atoms with Crippen molar-refractivity contribution in [2.45, 2.75) is 67.9 Å². The van der Waals surface area contributed by atoms with E-state index in [9.17, 15) is 14.4 Å². The molecular formula is C22H34ClNO5. The van der Waals surface area contributed by atoms with Gasteiger partial charge in [0.15, 0.2) is 17.3 Å². The van der Waals surface area contributed by atoms with Crippen molar-refractivity contribution in [1.82, 2.24) is 0 Å². The highest BCUT2D eigenvalue weighted by Crippen LogP contribution is 2.32. The van der Waals surface area contributed by atoms with Gasteiger partial charge in [-0.3, -0.25) is 14.4 Å². The molecule has 1 unspecified atom stereocenters. The molecule has 164 valence electrons. The minimum Gasteiger partial charge on any atom is -0.422 e. The predicted molar refractivity (Wildman–Crippen MR) is 116 cm³/mol. The second-order valence-electron chi connectivity index (χ2n) is 9.58. The van der Waals surface area contributed by atoms with E-state index >= 15 is 0 Å². The van der Waals surface area contributed by atoms with Gasteiger partial charge >= 0.3 is 11.9 Å². The van der Waals surface area contributed by atoms with E-state index < -0.39 is 28.8 Å². The molecule has 0 amide bonds. The highest BCUT2D eigenvalue weighted by Gasteiger charge is 2.30. The molecule has 1 rings (SSSR count). The number of halogens is 1. The van der Waals surface area contributed by atoms with Gasteiger partial charge in [0.25, 0.3) is 0 Å². The molecule has 0 spiro atoms. The van der Waals surface area contributed by atoms with Crippen LogP contribution < -0.4 is 15.2 Å². The van der Waals surface area contributed by atoms with E-state index in [1.807, 2.05) is 34.6 Å². The molecule has 0 radical (unpaired) electrons. The van der Waals surface area contributed by atoms with Crippen molar-refractivity contribution < 1.29 is 23.9 Å². The Kier molecular flexibility index (Phi) is 9.54. The van der Waals surface area contributed by atoms with Crippen molar-refractivity contribution in [2.75, 3.05) is 0 Å². The highest BCUT2D eigenvalue weighted by molar-refractivity contribution is 6.01. The predicted octanol–water partition coefficient (Wildman–Crippen LogP) is 4.57. The molecule has 2 N–H and O–H groups in total. The number of esters is 2. The van der Waals surface area contributed by atoms with Crippen LogP contribution in [0.2, 0.25) is 0 Å². The second kappa shape index (κ2) is 10.2. The van der Waals surface area contributed by atoms with Crippen LogP contribution in [0, 0.1) is 16.7 Å². The van der Waals surface area contributed by atoms with Crippen LogP contribution in [0.5, 0.6) is 11.5 Å². The lowest BCUT2D eigenvalue weighted by Crippen LogP contribution is -2.42. The zero-order chi connectivity index (χ0) is 21.9. The van der Waals surface area contributed by atoms with Crippen LogP contribution in [0.4, 0.5) is 0 Å². The smallest absolute Gasteiger partial charge is 0.316 e. The topological polar surface area (TPSA) is 95.7 Å². The Bertz CT molecular complexity index is 745. The van der Waals surface area contributed by atoms with E-state index in [0.717, 1.165) is 0 Å². The number of ketones is 1. The van der Waals surface area contributed by atoms with Gasteiger partial charge in [-0.1, -0.05) is 34.6 Å². The third-order valence-corrected chi connectivity index (χ3v) is 4.06. The zero-order valence-corrected chi connectivity index (χ0v) is 19.4. The molecule has 0 bridgehead atoms. The summed E-state index contributed by atoms with van der Waals surface area (Å²) in [5, 5.41) is 0. The van der Waals surface area contributed by atoms with Crippen molar-refractivity contribution in [2.24, 2.45) is 22.5 Å². The summed E-state index contributed by atoms with van der Waals surface area (Å²) in [7, 11) is 0. The van der Waals surface area contributed by atoms with Gasteiger partial charge in [-0.15, -0.1) is 12.4 Å². The summed E-state index contributed by atoms with van der Waals surface area (Å²) in [6.07, 6.45) is 0.201. The normalized spacial score (nSPS) is 12.8. The van der Waals surface area contributed by atoms with Gasteiger partial charge in [0.1, 0.15) is 0 Å². The molecule has 6 nitrogen and oxygen atoms in total. The lowest BCUT2D eigenvalue weighted by atomic mass is 9.83. The lowest BCUT2D eigenvalue weighted by molar-refractivity contribution is -0.143. The summed E-state index contributed by atoms with van der Waals surface area (Å²) in [4.78, 5) is 37.1. The van der Waals surface area contributed by atoms with E-state index in [0.29, 0.717) is 5.56 Å². The maximum atomic E-state index is 12.7. The van der Waals surface area contributed by atoms with Crippen LogP contribution in [0.1, 0.15) is 72.2 Å². The molecule has 0 saturated carbocycles. The summed E-state index contributed by atoms with van der Waals surface area (Å²) in [6, 6.07) is 3.68. The number of nitrogens with two attached hydrogens (primary N) is 1. The largest absolute Gasteiger partial charge is 0.422 e. The number of ether oxygens (including phenoxy) is 2. The molecule has 1 atom stereocenters. The van der Waals surface area contributed by atoms with E-state index in [1.165, 1.54) is 18.2 Å². The average molecular weight is 428 g/mol. The molecule has 0 heterocycles. The maximum Gasteiger partial charge on any atom is 0.316 e. The molecule has 29 heavy (non-hydrogen) atoms. The van der Waals surface area contributed by atoms with E-state index in [1.54, 1.807) is 20.8 Å². The zero-order valence-electron chi connectivity index (χ0n) is 18.6. The fourth-order valence-electron chi connectivity index (χ4n) is 2.15. The highest BCUT2D eigenvalue weighted by atomic mass is 35.5. The van der Waals surface area contributed by atoms with Gasteiger partial charge in [-0.05, 0) is 50.3 Å². The first-order valence-electron chi connectivity index (χ1n) is 9.49. The summed E-state index contributed by atoms with van der Waals surface area (Å²) in [6.45, 7) is 14.6. The molecule has 1 aromatic carbocycles. The second-order valence-corrected chi connectivity index (χ2v) is 9.58. The lowest BCUT2D eigenvalue weighted by Gasteiger charge is -2.26. The van der Waals surface area contributed by atoms with Gasteiger partial charge in [0.2, 0.25) is 0 Å². The number of hydrogen-bond acceptors (Lipinski definition) is 6. The molecule has 0 saturated heterocycles. The van der Waals surface area contributed by atoms with Crippen molar-refractivity contribution >= 4 is 30.1 Å². The number of benzene rings is 1. The number of carbonyl (C=O) groups excluding carboxylic acids is 3. The summed E-state index contributed by atoms with van der Waals surface area (Å²) >= 11 is 0. The number of carbonyl (C=O) groups is 3. The molecule has 7 heteroatoms. The van der Waals surface area contributed by atoms with Crippen LogP contribution >= 0.6 is 12.4 Å². The summed E-state index contributed by atoms with van der Waals surface area (Å²) in [5.74, 6) is -0.977. The Morgan fingerprint density at radius 2 is 1.52 bits per heavy atom. The molecular weight excluding hydrogens is 394 g/mol. The first kappa shape index (κ1) is 27.1. The standard InChI is InChI=1S/C22H33NO5.ClH/c1-13(2)11-17(24)27-16-12-14(18(25)19(23)21(3,4)5)9-10-15(16)28-20(26)22(6,7)8;/h9-10,12-13,19H,11,23H2,1-8H3;1H. The van der Waals surface area contributed by atoms with Crippen LogP contribution in [0.3, 0.4) is 0 Å². The van der Waals surface area contributed by atoms with Gasteiger partial charge in [0.05, 0.1) is 11.5 Å². The first-order valence-corrected chi connectivity index (χ1v) is 9.49. The van der Waals surface area contributed by atoms with Gasteiger partial charge in [0, 0.05) is 12.0 Å². The Balaban J connectivity index is 0.00000784. The molecule has 1 aromatic rings. The van der Waals surface area contributed by atoms with E-state index in [2.05, 4.69) is 0 Å². The van der Waals surface area contributed by atoms with Crippen LogP contribution in [0.15, 0.2) is 18.2 Å². The average Bonchev–Trinajstić information content (AvgIpc) is 2.52. The summed E-state index contributed by atoms with van der Waals surface area (Å²) in [5.41, 5.74) is 5.21. The van der Waals surface area contributed by atoms with Crippen molar-refractivity contribution in [3.05, 3.63) is 23.8 Å². The SMILES string of the molecule is CC(C)CC(=O)Oc1cc(C(=O)C(N)C(C)(C)C)ccc1OC(=O)C(C)(C)C.Cl. The maximum absolute atomic E-state index is 12.7. The quantitative estimate of drug-likeness (QED) is 0.406. The fourth-order valence-corrected chi connectivity index (χ4v) is 2.15. The van der Waals surface area contributed by atoms with E-state index in [-0.39, 0.29) is 42.0 Å². The fraction of sp³-hybridized carbons (Fsp3) is 0.591. The molecule has 0 aliphatic rings. The minimum atomic E-state index is -0.734. The first-order chi connectivity index (χ1) is 12.6. The Morgan fingerprint density at radius 3 is 1.97 bits per heavy atom. The molecule has 0 aliphatic heterocycles. The molecule has 0 aliphatic carbocycles. The van der Waals surface area contributed by atoms with Crippen molar-refractivity contribution in [3.8, 4) is 11.5 Å². The van der Waals surface area contributed by atoms with E-state index in [4.69, 9.17) is 15.2 Å². The molecule has 0 aromatic heterocycles. The Labute approximate surface area is 179 Å². The van der Waals surface area contributed by atoms with Gasteiger partial charge in [-0.2, -0.15) is 0 Å². The van der Waals surface area contributed by atoms with Crippen molar-refractivity contribution in [3.63, 3.8) is 0 Å². The Hall–Kier alpha value is -1.92. The number of Topliss-reactive ketones (excluding diaryl/α,β-unsaturated/α-hetero) is 1. The Morgan fingerprint density at radius 1 is 0.966 bits per heavy atom. The minimum absolute atomic E-state index is 0. The van der Waals surface area contributed by atoms with Crippen LogP contribution in [0.25, 0.3) is 0 Å². The molecule has 0 fully saturated rings.